The lowest BCUT2D eigenvalue weighted by atomic mass is 10.0. The van der Waals surface area contributed by atoms with Gasteiger partial charge in [0.15, 0.2) is 0 Å². The second kappa shape index (κ2) is 7.32. The first-order valence-electron chi connectivity index (χ1n) is 10.4. The second-order valence-corrected chi connectivity index (χ2v) is 9.05. The summed E-state index contributed by atoms with van der Waals surface area (Å²) in [5.74, 6) is 0. The van der Waals surface area contributed by atoms with E-state index in [1.165, 1.54) is 20.7 Å². The quantitative estimate of drug-likeness (QED) is 0.302. The van der Waals surface area contributed by atoms with Gasteiger partial charge in [0.25, 0.3) is 0 Å². The largest absolute Gasteiger partial charge is 0.353 e. The minimum absolute atomic E-state index is 0.918. The molecule has 0 aliphatic rings. The molecule has 6 aromatic rings. The Balaban J connectivity index is 1.49. The fraction of sp³-hybridized carbons (Fsp3) is 0.0370. The van der Waals surface area contributed by atoms with Crippen molar-refractivity contribution in [3.8, 4) is 33.0 Å². The van der Waals surface area contributed by atoms with Crippen molar-refractivity contribution < 1.29 is 0 Å². The number of hydrogen-bond acceptors (Lipinski definition) is 3. The highest BCUT2D eigenvalue weighted by molar-refractivity contribution is 7.16. The van der Waals surface area contributed by atoms with Crippen molar-refractivity contribution in [2.75, 3.05) is 0 Å². The number of aromatic nitrogens is 4. The maximum atomic E-state index is 4.64. The summed E-state index contributed by atoms with van der Waals surface area (Å²) in [5.41, 5.74) is 8.55. The first-order chi connectivity index (χ1) is 15.7. The van der Waals surface area contributed by atoms with Gasteiger partial charge in [-0.25, -0.2) is 0 Å². The molecule has 2 N–H and O–H groups in total. The summed E-state index contributed by atoms with van der Waals surface area (Å²) in [6.07, 6.45) is 3.68. The Morgan fingerprint density at radius 2 is 1.84 bits per heavy atom. The van der Waals surface area contributed by atoms with Crippen molar-refractivity contribution in [1.82, 2.24) is 20.2 Å². The molecule has 0 aliphatic carbocycles. The van der Waals surface area contributed by atoms with E-state index < -0.39 is 0 Å². The lowest BCUT2D eigenvalue weighted by Crippen LogP contribution is -1.81. The van der Waals surface area contributed by atoms with Crippen LogP contribution in [-0.2, 0) is 0 Å². The summed E-state index contributed by atoms with van der Waals surface area (Å²) in [4.78, 5) is 10.3. The van der Waals surface area contributed by atoms with Crippen LogP contribution in [-0.4, -0.2) is 20.2 Å². The highest BCUT2D eigenvalue weighted by atomic mass is 32.1. The molecule has 0 unspecified atom stereocenters. The molecule has 0 bridgehead atoms. The van der Waals surface area contributed by atoms with Gasteiger partial charge in [-0.15, -0.1) is 11.3 Å². The Morgan fingerprint density at radius 3 is 2.66 bits per heavy atom. The molecule has 5 heteroatoms. The van der Waals surface area contributed by atoms with E-state index in [2.05, 4.69) is 87.4 Å². The number of rotatable bonds is 4. The Morgan fingerprint density at radius 1 is 0.906 bits per heavy atom. The third kappa shape index (κ3) is 3.06. The van der Waals surface area contributed by atoms with E-state index in [0.717, 1.165) is 44.5 Å². The summed E-state index contributed by atoms with van der Waals surface area (Å²) >= 11 is 1.78. The predicted octanol–water partition coefficient (Wildman–Crippen LogP) is 7.53. The van der Waals surface area contributed by atoms with Crippen LogP contribution in [0.3, 0.4) is 0 Å². The van der Waals surface area contributed by atoms with E-state index in [9.17, 15) is 0 Å². The Bertz CT molecular complexity index is 1600. The van der Waals surface area contributed by atoms with E-state index in [4.69, 9.17) is 0 Å². The van der Waals surface area contributed by atoms with Crippen LogP contribution in [0.4, 0.5) is 0 Å². The van der Waals surface area contributed by atoms with Crippen molar-refractivity contribution in [1.29, 1.82) is 0 Å². The lowest BCUT2D eigenvalue weighted by Gasteiger charge is -2.01. The van der Waals surface area contributed by atoms with Crippen molar-refractivity contribution in [2.24, 2.45) is 0 Å². The summed E-state index contributed by atoms with van der Waals surface area (Å²) in [7, 11) is 0. The number of benzene rings is 2. The molecule has 0 radical (unpaired) electrons. The minimum Gasteiger partial charge on any atom is -0.353 e. The highest BCUT2D eigenvalue weighted by Crippen LogP contribution is 2.38. The molecule has 0 spiro atoms. The number of nitrogens with zero attached hydrogens (tertiary/aromatic N) is 2. The number of hydrogen-bond donors (Lipinski definition) is 2. The van der Waals surface area contributed by atoms with Crippen molar-refractivity contribution in [3.05, 3.63) is 90.6 Å². The normalized spacial score (nSPS) is 11.4. The monoisotopic (exact) mass is 432 g/mol. The van der Waals surface area contributed by atoms with Gasteiger partial charge in [0.2, 0.25) is 0 Å². The fourth-order valence-corrected chi connectivity index (χ4v) is 5.11. The van der Waals surface area contributed by atoms with Crippen LogP contribution >= 0.6 is 11.3 Å². The first-order valence-corrected chi connectivity index (χ1v) is 11.3. The van der Waals surface area contributed by atoms with Gasteiger partial charge < -0.3 is 4.98 Å². The maximum Gasteiger partial charge on any atom is 0.116 e. The molecular weight excluding hydrogens is 412 g/mol. The predicted molar refractivity (Wildman–Crippen MR) is 135 cm³/mol. The van der Waals surface area contributed by atoms with Gasteiger partial charge in [0.1, 0.15) is 5.69 Å². The molecule has 0 atom stereocenters. The third-order valence-electron chi connectivity index (χ3n) is 5.77. The van der Waals surface area contributed by atoms with Crippen molar-refractivity contribution in [2.45, 2.75) is 6.92 Å². The number of aromatic amines is 2. The van der Waals surface area contributed by atoms with Gasteiger partial charge >= 0.3 is 0 Å². The number of fused-ring (bicyclic) bond motifs is 2. The van der Waals surface area contributed by atoms with Crippen LogP contribution in [0.5, 0.6) is 0 Å². The van der Waals surface area contributed by atoms with Gasteiger partial charge in [-0.1, -0.05) is 30.8 Å². The minimum atomic E-state index is 0.918. The molecule has 0 fully saturated rings. The molecule has 154 valence electrons. The first kappa shape index (κ1) is 18.8. The molecule has 0 amide bonds. The standard InChI is InChI=1S/C27H20N4S/c1-16(2)25-10-11-26(32-25)19-6-3-7-22-20(19)14-24(29-22)27-21-13-17(8-9-23(21)30-31-27)18-5-4-12-28-15-18/h3-15,29H,1H2,2H3,(H,30,31). The molecule has 0 aliphatic heterocycles. The van der Waals surface area contributed by atoms with Crippen molar-refractivity contribution in [3.63, 3.8) is 0 Å². The summed E-state index contributed by atoms with van der Waals surface area (Å²) in [6, 6.07) is 23.3. The number of allylic oxidation sites excluding steroid dienone is 1. The zero-order valence-electron chi connectivity index (χ0n) is 17.5. The third-order valence-corrected chi connectivity index (χ3v) is 7.05. The summed E-state index contributed by atoms with van der Waals surface area (Å²) in [5, 5.41) is 10.1. The maximum absolute atomic E-state index is 4.64. The smallest absolute Gasteiger partial charge is 0.116 e. The van der Waals surface area contributed by atoms with E-state index in [-0.39, 0.29) is 0 Å². The Kier molecular flexibility index (Phi) is 4.30. The average Bonchev–Trinajstić information content (AvgIpc) is 3.56. The zero-order valence-corrected chi connectivity index (χ0v) is 18.3. The Hall–Kier alpha value is -3.96. The summed E-state index contributed by atoms with van der Waals surface area (Å²) in [6.45, 7) is 6.13. The topological polar surface area (TPSA) is 57.4 Å². The van der Waals surface area contributed by atoms with Gasteiger partial charge in [-0.3, -0.25) is 10.1 Å². The lowest BCUT2D eigenvalue weighted by molar-refractivity contribution is 1.12. The van der Waals surface area contributed by atoms with Crippen LogP contribution in [0, 0.1) is 0 Å². The molecule has 2 aromatic carbocycles. The van der Waals surface area contributed by atoms with Crippen LogP contribution < -0.4 is 0 Å². The number of H-pyrrole nitrogens is 2. The van der Waals surface area contributed by atoms with Gasteiger partial charge in [0, 0.05) is 49.6 Å². The van der Waals surface area contributed by atoms with Gasteiger partial charge in [0.05, 0.1) is 11.2 Å². The van der Waals surface area contributed by atoms with E-state index in [0.29, 0.717) is 0 Å². The number of pyridine rings is 1. The molecule has 0 saturated heterocycles. The molecule has 4 nitrogen and oxygen atoms in total. The van der Waals surface area contributed by atoms with Crippen LogP contribution in [0.15, 0.2) is 85.7 Å². The van der Waals surface area contributed by atoms with Crippen LogP contribution in [0.25, 0.3) is 60.3 Å². The average molecular weight is 433 g/mol. The fourth-order valence-electron chi connectivity index (χ4n) is 4.14. The molecule has 4 heterocycles. The van der Waals surface area contributed by atoms with Gasteiger partial charge in [-0.05, 0) is 60.5 Å². The molecule has 4 aromatic heterocycles. The molecule has 32 heavy (non-hydrogen) atoms. The highest BCUT2D eigenvalue weighted by Gasteiger charge is 2.15. The van der Waals surface area contributed by atoms with E-state index >= 15 is 0 Å². The zero-order chi connectivity index (χ0) is 21.7. The number of nitrogens with one attached hydrogen (secondary N) is 2. The van der Waals surface area contributed by atoms with Gasteiger partial charge in [-0.2, -0.15) is 5.10 Å². The molecule has 6 rings (SSSR count). The van der Waals surface area contributed by atoms with Crippen LogP contribution in [0.2, 0.25) is 0 Å². The summed E-state index contributed by atoms with van der Waals surface area (Å²) < 4.78 is 0. The molecular formula is C27H20N4S. The van der Waals surface area contributed by atoms with Crippen molar-refractivity contribution >= 4 is 38.7 Å². The SMILES string of the molecule is C=C(C)c1ccc(-c2cccc3[nH]c(-c4n[nH]c5ccc(-c6cccnc6)cc45)cc23)s1. The van der Waals surface area contributed by atoms with E-state index in [1.54, 1.807) is 17.5 Å². The molecule has 0 saturated carbocycles. The number of thiophene rings is 1. The van der Waals surface area contributed by atoms with Crippen LogP contribution in [0.1, 0.15) is 11.8 Å². The van der Waals surface area contributed by atoms with E-state index in [1.807, 2.05) is 19.2 Å². The Labute approximate surface area is 189 Å². The second-order valence-electron chi connectivity index (χ2n) is 7.97.